The molecule has 0 atom stereocenters. The minimum absolute atomic E-state index is 0.227. The topological polar surface area (TPSA) is 43.2 Å². The molecule has 3 aromatic rings. The third kappa shape index (κ3) is 7.88. The zero-order chi connectivity index (χ0) is 30.9. The summed E-state index contributed by atoms with van der Waals surface area (Å²) in [6.45, 7) is 8.33. The van der Waals surface area contributed by atoms with Gasteiger partial charge in [-0.25, -0.2) is 9.48 Å². The second-order valence-corrected chi connectivity index (χ2v) is 13.7. The van der Waals surface area contributed by atoms with Crippen LogP contribution >= 0.6 is 0 Å². The van der Waals surface area contributed by atoms with Crippen LogP contribution < -0.4 is 23.8 Å². The third-order valence-electron chi connectivity index (χ3n) is 9.50. The van der Waals surface area contributed by atoms with E-state index < -0.39 is 0 Å². The Balaban J connectivity index is 1.48. The Kier molecular flexibility index (Phi) is 10.7. The van der Waals surface area contributed by atoms with E-state index in [-0.39, 0.29) is 5.54 Å². The molecule has 6 bridgehead atoms. The summed E-state index contributed by atoms with van der Waals surface area (Å²) in [6, 6.07) is 17.2. The SMILES string of the molecule is CC1(C)C[N+]2=CN1c1c3ccc4ccc(cc14)OCCCCCCCCCOc1cccc(c12)OCCCCCCCCCO3. The van der Waals surface area contributed by atoms with Gasteiger partial charge in [0.15, 0.2) is 22.9 Å². The summed E-state index contributed by atoms with van der Waals surface area (Å²) >= 11 is 0. The number of rotatable bonds is 0. The standard InChI is InChI=1S/C39H53N2O4/c1-39(2)29-40-30-41(39)37-33-28-32-22-20-31(33)21-23-36(37)45-27-16-12-8-4-7-11-15-26-44-35-19-17-18-34(38(35)40)43-25-14-10-6-3-5-9-13-24-42-32/h17-23,28,30H,3-16,24-27,29H2,1-2H3/q+1. The predicted molar refractivity (Wildman–Crippen MR) is 184 cm³/mol. The van der Waals surface area contributed by atoms with Gasteiger partial charge in [0.1, 0.15) is 17.8 Å². The van der Waals surface area contributed by atoms with Gasteiger partial charge in [-0.15, -0.1) is 0 Å². The fourth-order valence-electron chi connectivity index (χ4n) is 6.98. The Morgan fingerprint density at radius 1 is 0.578 bits per heavy atom. The molecule has 45 heavy (non-hydrogen) atoms. The quantitative estimate of drug-likeness (QED) is 0.236. The normalized spacial score (nSPS) is 20.4. The third-order valence-corrected chi connectivity index (χ3v) is 9.50. The van der Waals surface area contributed by atoms with Crippen molar-refractivity contribution in [1.29, 1.82) is 0 Å². The van der Waals surface area contributed by atoms with E-state index in [9.17, 15) is 0 Å². The highest BCUT2D eigenvalue weighted by molar-refractivity contribution is 6.03. The Hall–Kier alpha value is -3.41. The van der Waals surface area contributed by atoms with Crippen LogP contribution in [0.1, 0.15) is 104 Å². The zero-order valence-electron chi connectivity index (χ0n) is 27.7. The number of fused-ring (bicyclic) bond motifs is 1. The molecular weight excluding hydrogens is 560 g/mol. The van der Waals surface area contributed by atoms with E-state index in [1.54, 1.807) is 0 Å². The van der Waals surface area contributed by atoms with Gasteiger partial charge in [-0.2, -0.15) is 0 Å². The van der Waals surface area contributed by atoms with E-state index in [0.717, 1.165) is 98.4 Å². The molecule has 0 amide bonds. The Bertz CT molecular complexity index is 1440. The molecule has 0 aromatic heterocycles. The van der Waals surface area contributed by atoms with Crippen LogP contribution in [0.3, 0.4) is 0 Å². The van der Waals surface area contributed by atoms with Crippen molar-refractivity contribution in [3.8, 4) is 23.0 Å². The summed E-state index contributed by atoms with van der Waals surface area (Å²) in [7, 11) is 0. The Morgan fingerprint density at radius 2 is 1.09 bits per heavy atom. The number of hydrogen-bond acceptors (Lipinski definition) is 5. The highest BCUT2D eigenvalue weighted by atomic mass is 16.5. The molecule has 242 valence electrons. The summed E-state index contributed by atoms with van der Waals surface area (Å²) in [6.07, 6.45) is 18.9. The molecule has 3 heterocycles. The first kappa shape index (κ1) is 31.6. The second kappa shape index (κ2) is 15.2. The summed E-state index contributed by atoms with van der Waals surface area (Å²) in [5, 5.41) is 2.34. The number of anilines is 1. The molecule has 0 saturated carbocycles. The fraction of sp³-hybridized carbons (Fsp3) is 0.564. The van der Waals surface area contributed by atoms with Crippen LogP contribution in [0, 0.1) is 0 Å². The van der Waals surface area contributed by atoms with E-state index in [4.69, 9.17) is 18.9 Å². The van der Waals surface area contributed by atoms with E-state index in [1.807, 2.05) is 0 Å². The van der Waals surface area contributed by atoms with Gasteiger partial charge in [-0.05, 0) is 75.2 Å². The van der Waals surface area contributed by atoms with Gasteiger partial charge in [0.25, 0.3) is 0 Å². The number of benzene rings is 3. The molecule has 6 nitrogen and oxygen atoms in total. The highest BCUT2D eigenvalue weighted by Crippen LogP contribution is 2.45. The molecule has 3 aliphatic rings. The Morgan fingerprint density at radius 3 is 1.69 bits per heavy atom. The molecule has 3 aliphatic heterocycles. The van der Waals surface area contributed by atoms with Crippen molar-refractivity contribution >= 4 is 28.5 Å². The lowest BCUT2D eigenvalue weighted by Crippen LogP contribution is -2.41. The molecule has 3 aromatic carbocycles. The molecule has 0 radical (unpaired) electrons. The van der Waals surface area contributed by atoms with Gasteiger partial charge < -0.3 is 18.9 Å². The van der Waals surface area contributed by atoms with Crippen molar-refractivity contribution in [3.63, 3.8) is 0 Å². The molecule has 6 rings (SSSR count). The second-order valence-electron chi connectivity index (χ2n) is 13.7. The molecule has 0 unspecified atom stereocenters. The molecular formula is C39H53N2O4+. The van der Waals surface area contributed by atoms with Crippen LogP contribution in [0.25, 0.3) is 10.8 Å². The summed E-state index contributed by atoms with van der Waals surface area (Å²) in [5.41, 5.74) is 1.90. The monoisotopic (exact) mass is 613 g/mol. The van der Waals surface area contributed by atoms with E-state index in [0.29, 0.717) is 0 Å². The van der Waals surface area contributed by atoms with Crippen molar-refractivity contribution in [1.82, 2.24) is 0 Å². The first-order chi connectivity index (χ1) is 22.1. The lowest BCUT2D eigenvalue weighted by Gasteiger charge is -2.26. The first-order valence-electron chi connectivity index (χ1n) is 17.7. The summed E-state index contributed by atoms with van der Waals surface area (Å²) < 4.78 is 28.4. The molecule has 0 fully saturated rings. The maximum atomic E-state index is 6.63. The number of hydrogen-bond donors (Lipinski definition) is 0. The molecule has 6 heteroatoms. The fourth-order valence-corrected chi connectivity index (χ4v) is 6.98. The van der Waals surface area contributed by atoms with Gasteiger partial charge >= 0.3 is 0 Å². The van der Waals surface area contributed by atoms with Crippen LogP contribution in [0.5, 0.6) is 23.0 Å². The average molecular weight is 614 g/mol. The van der Waals surface area contributed by atoms with Crippen molar-refractivity contribution in [2.75, 3.05) is 37.9 Å². The van der Waals surface area contributed by atoms with E-state index in [2.05, 4.69) is 78.2 Å². The largest absolute Gasteiger partial charge is 0.494 e. The van der Waals surface area contributed by atoms with Crippen LogP contribution in [0.4, 0.5) is 11.4 Å². The van der Waals surface area contributed by atoms with Crippen LogP contribution in [0.2, 0.25) is 0 Å². The molecule has 0 spiro atoms. The van der Waals surface area contributed by atoms with Crippen molar-refractivity contribution < 1.29 is 23.5 Å². The van der Waals surface area contributed by atoms with Crippen molar-refractivity contribution in [2.45, 2.75) is 109 Å². The smallest absolute Gasteiger partial charge is 0.245 e. The maximum absolute atomic E-state index is 6.63. The lowest BCUT2D eigenvalue weighted by atomic mass is 10.00. The summed E-state index contributed by atoms with van der Waals surface area (Å²) in [5.74, 6) is 3.65. The van der Waals surface area contributed by atoms with Crippen LogP contribution in [-0.4, -0.2) is 49.4 Å². The number of nitrogens with zero attached hydrogens (tertiary/aromatic N) is 2. The van der Waals surface area contributed by atoms with Crippen molar-refractivity contribution in [2.24, 2.45) is 0 Å². The van der Waals surface area contributed by atoms with Crippen molar-refractivity contribution in [3.05, 3.63) is 48.5 Å². The van der Waals surface area contributed by atoms with E-state index >= 15 is 0 Å². The molecule has 0 aliphatic carbocycles. The summed E-state index contributed by atoms with van der Waals surface area (Å²) in [4.78, 5) is 2.41. The lowest BCUT2D eigenvalue weighted by molar-refractivity contribution is -0.434. The Labute approximate surface area is 270 Å². The number of para-hydroxylation sites is 1. The average Bonchev–Trinajstić information content (AvgIpc) is 3.35. The predicted octanol–water partition coefficient (Wildman–Crippen LogP) is 9.81. The molecule has 0 N–H and O–H groups in total. The zero-order valence-corrected chi connectivity index (χ0v) is 27.7. The van der Waals surface area contributed by atoms with Gasteiger partial charge in [0.05, 0.1) is 26.4 Å². The number of ether oxygens (including phenoxy) is 4. The van der Waals surface area contributed by atoms with E-state index in [1.165, 1.54) is 69.6 Å². The van der Waals surface area contributed by atoms with Gasteiger partial charge in [0.2, 0.25) is 12.0 Å². The highest BCUT2D eigenvalue weighted by Gasteiger charge is 2.45. The minimum atomic E-state index is -0.227. The first-order valence-corrected chi connectivity index (χ1v) is 17.7. The molecule has 0 saturated heterocycles. The van der Waals surface area contributed by atoms with Gasteiger partial charge in [0, 0.05) is 5.39 Å². The van der Waals surface area contributed by atoms with Gasteiger partial charge in [-0.1, -0.05) is 82.4 Å². The van der Waals surface area contributed by atoms with Crippen LogP contribution in [-0.2, 0) is 0 Å². The minimum Gasteiger partial charge on any atom is -0.494 e. The maximum Gasteiger partial charge on any atom is 0.245 e. The van der Waals surface area contributed by atoms with Crippen LogP contribution in [0.15, 0.2) is 48.5 Å². The van der Waals surface area contributed by atoms with Gasteiger partial charge in [-0.3, -0.25) is 0 Å².